The highest BCUT2D eigenvalue weighted by Gasteiger charge is 2.39. The Balaban J connectivity index is 1.77. The van der Waals surface area contributed by atoms with Crippen molar-refractivity contribution in [3.63, 3.8) is 0 Å². The lowest BCUT2D eigenvalue weighted by molar-refractivity contribution is -0.165. The summed E-state index contributed by atoms with van der Waals surface area (Å²) in [4.78, 5) is 26.4. The number of benzene rings is 2. The van der Waals surface area contributed by atoms with Crippen molar-refractivity contribution in [3.8, 4) is 5.75 Å². The average Bonchev–Trinajstić information content (AvgIpc) is 2.85. The minimum absolute atomic E-state index is 0.0282. The van der Waals surface area contributed by atoms with E-state index >= 15 is 0 Å². The zero-order valence-electron chi connectivity index (χ0n) is 18.8. The monoisotopic (exact) mass is 465 g/mol. The van der Waals surface area contributed by atoms with Crippen LogP contribution in [-0.2, 0) is 14.3 Å². The van der Waals surface area contributed by atoms with Gasteiger partial charge < -0.3 is 29.4 Å². The number of allylic oxidation sites excluding steroid dienone is 1. The van der Waals surface area contributed by atoms with Crippen molar-refractivity contribution in [3.05, 3.63) is 82.4 Å². The Bertz CT molecular complexity index is 1250. The number of carbonyl (C=O) groups is 1. The number of nitrogens with one attached hydrogen (secondary N) is 1. The van der Waals surface area contributed by atoms with Gasteiger partial charge in [-0.3, -0.25) is 9.59 Å². The van der Waals surface area contributed by atoms with E-state index < -0.39 is 18.1 Å². The van der Waals surface area contributed by atoms with Crippen LogP contribution >= 0.6 is 0 Å². The minimum Gasteiger partial charge on any atom is -0.506 e. The summed E-state index contributed by atoms with van der Waals surface area (Å²) in [5.74, 6) is -1.58. The molecule has 3 aromatic rings. The van der Waals surface area contributed by atoms with E-state index in [2.05, 4.69) is 5.32 Å². The van der Waals surface area contributed by atoms with Gasteiger partial charge in [-0.2, -0.15) is 0 Å². The normalized spacial score (nSPS) is 19.9. The number of anilines is 1. The second-order valence-electron chi connectivity index (χ2n) is 8.02. The highest BCUT2D eigenvalue weighted by atomic mass is 16.7. The molecule has 0 spiro atoms. The van der Waals surface area contributed by atoms with E-state index in [1.165, 1.54) is 12.3 Å². The number of rotatable bonds is 8. The molecule has 34 heavy (non-hydrogen) atoms. The summed E-state index contributed by atoms with van der Waals surface area (Å²) in [5, 5.41) is 22.5. The Morgan fingerprint density at radius 1 is 1.15 bits per heavy atom. The van der Waals surface area contributed by atoms with E-state index in [1.807, 2.05) is 6.92 Å². The summed E-state index contributed by atoms with van der Waals surface area (Å²) in [6.07, 6.45) is 3.17. The van der Waals surface area contributed by atoms with Crippen LogP contribution in [0.1, 0.15) is 31.2 Å². The second-order valence-corrected chi connectivity index (χ2v) is 8.02. The Kier molecular flexibility index (Phi) is 7.30. The molecule has 1 aliphatic heterocycles. The van der Waals surface area contributed by atoms with Gasteiger partial charge in [0.1, 0.15) is 11.3 Å². The lowest BCUT2D eigenvalue weighted by Crippen LogP contribution is -2.38. The van der Waals surface area contributed by atoms with Crippen molar-refractivity contribution < 1.29 is 28.9 Å². The molecular formula is C26H27NO7. The van der Waals surface area contributed by atoms with Crippen molar-refractivity contribution in [2.24, 2.45) is 5.92 Å². The molecule has 2 heterocycles. The number of carbonyl (C=O) groups excluding carboxylic acids is 1. The maximum Gasteiger partial charge on any atom is 0.290 e. The molecule has 4 rings (SSSR count). The first-order valence-electron chi connectivity index (χ1n) is 11.2. The zero-order valence-corrected chi connectivity index (χ0v) is 18.8. The Hall–Kier alpha value is -3.62. The molecular weight excluding hydrogens is 438 g/mol. The molecule has 3 N–H and O–H groups in total. The summed E-state index contributed by atoms with van der Waals surface area (Å²) < 4.78 is 17.5. The molecule has 0 saturated heterocycles. The van der Waals surface area contributed by atoms with Crippen molar-refractivity contribution in [1.82, 2.24) is 0 Å². The van der Waals surface area contributed by atoms with Crippen LogP contribution in [0, 0.1) is 5.92 Å². The highest BCUT2D eigenvalue weighted by Crippen LogP contribution is 2.39. The lowest BCUT2D eigenvalue weighted by atomic mass is 9.81. The fourth-order valence-electron chi connectivity index (χ4n) is 4.21. The molecule has 0 bridgehead atoms. The van der Waals surface area contributed by atoms with Crippen molar-refractivity contribution in [2.75, 3.05) is 18.5 Å². The summed E-state index contributed by atoms with van der Waals surface area (Å²) in [5.41, 5.74) is 0.879. The average molecular weight is 466 g/mol. The predicted molar refractivity (Wildman–Crippen MR) is 126 cm³/mol. The van der Waals surface area contributed by atoms with Crippen LogP contribution in [0.3, 0.4) is 0 Å². The molecule has 2 aromatic carbocycles. The molecule has 0 saturated carbocycles. The molecule has 1 aromatic heterocycles. The van der Waals surface area contributed by atoms with Crippen LogP contribution in [0.5, 0.6) is 5.75 Å². The molecule has 1 amide bonds. The van der Waals surface area contributed by atoms with Crippen molar-refractivity contribution in [2.45, 2.75) is 32.0 Å². The van der Waals surface area contributed by atoms with Gasteiger partial charge in [0.25, 0.3) is 5.91 Å². The molecule has 8 heteroatoms. The van der Waals surface area contributed by atoms with E-state index in [4.69, 9.17) is 13.9 Å². The maximum absolute atomic E-state index is 13.4. The number of fused-ring (bicyclic) bond motifs is 1. The molecule has 0 unspecified atom stereocenters. The molecule has 1 aliphatic rings. The molecule has 0 radical (unpaired) electrons. The van der Waals surface area contributed by atoms with Gasteiger partial charge in [0, 0.05) is 30.6 Å². The number of aliphatic hydroxyl groups excluding tert-OH is 1. The van der Waals surface area contributed by atoms with Crippen LogP contribution in [0.2, 0.25) is 0 Å². The summed E-state index contributed by atoms with van der Waals surface area (Å²) in [6, 6.07) is 13.3. The Labute approximate surface area is 196 Å². The van der Waals surface area contributed by atoms with Gasteiger partial charge in [0.15, 0.2) is 11.2 Å². The Morgan fingerprint density at radius 3 is 2.68 bits per heavy atom. The molecule has 0 aliphatic carbocycles. The first-order valence-corrected chi connectivity index (χ1v) is 11.2. The first kappa shape index (κ1) is 23.5. The predicted octanol–water partition coefficient (Wildman–Crippen LogP) is 3.89. The van der Waals surface area contributed by atoms with E-state index in [0.29, 0.717) is 36.0 Å². The molecule has 3 atom stereocenters. The number of phenolic OH excluding ortho intramolecular Hbond substituents is 1. The van der Waals surface area contributed by atoms with Gasteiger partial charge in [-0.1, -0.05) is 24.3 Å². The first-order chi connectivity index (χ1) is 16.5. The van der Waals surface area contributed by atoms with Gasteiger partial charge in [-0.15, -0.1) is 0 Å². The van der Waals surface area contributed by atoms with Crippen LogP contribution in [0.25, 0.3) is 11.0 Å². The van der Waals surface area contributed by atoms with Crippen LogP contribution in [-0.4, -0.2) is 35.6 Å². The van der Waals surface area contributed by atoms with E-state index in [-0.39, 0.29) is 35.1 Å². The highest BCUT2D eigenvalue weighted by molar-refractivity contribution is 6.03. The minimum atomic E-state index is -0.817. The number of amides is 1. The van der Waals surface area contributed by atoms with Gasteiger partial charge in [0.05, 0.1) is 17.3 Å². The van der Waals surface area contributed by atoms with E-state index in [0.717, 1.165) is 0 Å². The summed E-state index contributed by atoms with van der Waals surface area (Å²) >= 11 is 0. The fourth-order valence-corrected chi connectivity index (χ4v) is 4.21. The third-order valence-corrected chi connectivity index (χ3v) is 5.85. The smallest absolute Gasteiger partial charge is 0.290 e. The van der Waals surface area contributed by atoms with E-state index in [9.17, 15) is 19.8 Å². The number of ether oxygens (including phenoxy) is 2. The largest absolute Gasteiger partial charge is 0.506 e. The Morgan fingerprint density at radius 2 is 1.91 bits per heavy atom. The number of para-hydroxylation sites is 3. The number of hydrogen-bond acceptors (Lipinski definition) is 7. The summed E-state index contributed by atoms with van der Waals surface area (Å²) in [7, 11) is 0. The zero-order chi connectivity index (χ0) is 24.1. The number of aliphatic hydroxyl groups is 1. The number of hydrogen-bond donors (Lipinski definition) is 3. The third-order valence-electron chi connectivity index (χ3n) is 5.85. The van der Waals surface area contributed by atoms with Gasteiger partial charge in [0.2, 0.25) is 6.29 Å². The van der Waals surface area contributed by atoms with E-state index in [1.54, 1.807) is 48.5 Å². The quantitative estimate of drug-likeness (QED) is 0.432. The van der Waals surface area contributed by atoms with Gasteiger partial charge >= 0.3 is 0 Å². The molecule has 178 valence electrons. The van der Waals surface area contributed by atoms with Gasteiger partial charge in [-0.05, 0) is 50.1 Å². The SMILES string of the molecule is CCO[C@H]1OC(C(=O)Nc2ccccc2O)=C[C@@H](c2coc3ccccc3c2=O)[C@H]1CCCO. The van der Waals surface area contributed by atoms with Crippen molar-refractivity contribution in [1.29, 1.82) is 0 Å². The summed E-state index contributed by atoms with van der Waals surface area (Å²) in [6.45, 7) is 2.11. The topological polar surface area (TPSA) is 118 Å². The number of phenols is 1. The van der Waals surface area contributed by atoms with Crippen LogP contribution < -0.4 is 10.7 Å². The fraction of sp³-hybridized carbons (Fsp3) is 0.308. The number of aromatic hydroxyl groups is 1. The third kappa shape index (κ3) is 4.83. The standard InChI is InChI=1S/C26H27NO7/c1-2-32-26-16(9-7-13-28)18(19-15-33-22-12-6-3-8-17(22)24(19)30)14-23(34-26)25(31)27-20-10-4-5-11-21(20)29/h3-6,8,10-12,14-16,18,26,28-29H,2,7,9,13H2,1H3,(H,27,31)/t16-,18-,26+/m1/s1. The lowest BCUT2D eigenvalue weighted by Gasteiger charge is -2.36. The molecule has 0 fully saturated rings. The molecule has 8 nitrogen and oxygen atoms in total. The second kappa shape index (κ2) is 10.5. The van der Waals surface area contributed by atoms with Crippen LogP contribution in [0.15, 0.2) is 75.8 Å². The van der Waals surface area contributed by atoms with Crippen molar-refractivity contribution >= 4 is 22.6 Å². The van der Waals surface area contributed by atoms with Gasteiger partial charge in [-0.25, -0.2) is 0 Å². The van der Waals surface area contributed by atoms with Crippen LogP contribution in [0.4, 0.5) is 5.69 Å². The maximum atomic E-state index is 13.4.